The van der Waals surface area contributed by atoms with Gasteiger partial charge in [0.05, 0.1) is 49.5 Å². The van der Waals surface area contributed by atoms with E-state index in [4.69, 9.17) is 9.47 Å². The predicted octanol–water partition coefficient (Wildman–Crippen LogP) is 6.30. The molecule has 0 spiro atoms. The van der Waals surface area contributed by atoms with Crippen LogP contribution in [0.2, 0.25) is 0 Å². The maximum atomic E-state index is 13.0. The van der Waals surface area contributed by atoms with E-state index in [1.807, 2.05) is 60.8 Å². The first-order chi connectivity index (χ1) is 23.6. The Kier molecular flexibility index (Phi) is 8.97. The van der Waals surface area contributed by atoms with Crippen LogP contribution in [0.5, 0.6) is 11.5 Å². The monoisotopic (exact) mass is 639 g/mol. The van der Waals surface area contributed by atoms with Gasteiger partial charge in [0, 0.05) is 25.0 Å². The van der Waals surface area contributed by atoms with Crippen molar-refractivity contribution in [1.82, 2.24) is 24.9 Å². The molecule has 3 heterocycles. The standard InChI is InChI=1S/C38H37N7O3/c1-47-36-21-28-18-20-44(24-29(28)22-37(36)48-2)19-17-26-11-14-31(15-12-26)45-25-30(42-43-45)23-39-33-9-5-6-10-34(33)41-38(46)35-16-13-27-7-3-4-8-32(27)40-35/h3-16,21-22,25,39H,17-20,23-24H2,1-2H3,(H,41,46). The highest BCUT2D eigenvalue weighted by molar-refractivity contribution is 6.05. The van der Waals surface area contributed by atoms with Gasteiger partial charge in [-0.05, 0) is 78.1 Å². The molecule has 2 N–H and O–H groups in total. The number of nitrogens with one attached hydrogen (secondary N) is 2. The summed E-state index contributed by atoms with van der Waals surface area (Å²) < 4.78 is 12.8. The van der Waals surface area contributed by atoms with Gasteiger partial charge in [-0.25, -0.2) is 9.67 Å². The summed E-state index contributed by atoms with van der Waals surface area (Å²) in [4.78, 5) is 20.0. The van der Waals surface area contributed by atoms with Crippen molar-refractivity contribution in [2.24, 2.45) is 0 Å². The smallest absolute Gasteiger partial charge is 0.274 e. The Morgan fingerprint density at radius 3 is 2.42 bits per heavy atom. The molecule has 242 valence electrons. The molecule has 2 aromatic heterocycles. The molecular formula is C38H37N7O3. The summed E-state index contributed by atoms with van der Waals surface area (Å²) >= 11 is 0. The number of pyridine rings is 1. The second kappa shape index (κ2) is 13.9. The number of anilines is 2. The van der Waals surface area contributed by atoms with E-state index >= 15 is 0 Å². The normalized spacial score (nSPS) is 12.8. The highest BCUT2D eigenvalue weighted by atomic mass is 16.5. The van der Waals surface area contributed by atoms with Gasteiger partial charge in [0.15, 0.2) is 11.5 Å². The first-order valence-corrected chi connectivity index (χ1v) is 16.0. The molecule has 0 fully saturated rings. The molecule has 1 aliphatic heterocycles. The zero-order valence-electron chi connectivity index (χ0n) is 27.0. The molecule has 7 rings (SSSR count). The summed E-state index contributed by atoms with van der Waals surface area (Å²) in [5.41, 5.74) is 8.21. The lowest BCUT2D eigenvalue weighted by atomic mass is 9.98. The Balaban J connectivity index is 0.932. The second-order valence-corrected chi connectivity index (χ2v) is 11.8. The molecule has 4 aromatic carbocycles. The summed E-state index contributed by atoms with van der Waals surface area (Å²) in [5.74, 6) is 1.31. The Bertz CT molecular complexity index is 2060. The number of aromatic nitrogens is 4. The molecule has 10 nitrogen and oxygen atoms in total. The summed E-state index contributed by atoms with van der Waals surface area (Å²) in [6.07, 6.45) is 3.88. The number of nitrogens with zero attached hydrogens (tertiary/aromatic N) is 5. The van der Waals surface area contributed by atoms with E-state index in [0.717, 1.165) is 71.9 Å². The van der Waals surface area contributed by atoms with Crippen molar-refractivity contribution < 1.29 is 14.3 Å². The van der Waals surface area contributed by atoms with Crippen LogP contribution in [0, 0.1) is 0 Å². The molecule has 1 amide bonds. The average Bonchev–Trinajstić information content (AvgIpc) is 3.62. The van der Waals surface area contributed by atoms with Crippen LogP contribution in [0.1, 0.15) is 32.9 Å². The molecule has 0 aliphatic carbocycles. The minimum atomic E-state index is -0.271. The topological polar surface area (TPSA) is 106 Å². The third-order valence-corrected chi connectivity index (χ3v) is 8.72. The zero-order valence-corrected chi connectivity index (χ0v) is 27.0. The fourth-order valence-electron chi connectivity index (χ4n) is 6.05. The maximum Gasteiger partial charge on any atom is 0.274 e. The van der Waals surface area contributed by atoms with Gasteiger partial charge < -0.3 is 20.1 Å². The average molecular weight is 640 g/mol. The van der Waals surface area contributed by atoms with Crippen molar-refractivity contribution in [1.29, 1.82) is 0 Å². The van der Waals surface area contributed by atoms with E-state index in [2.05, 4.69) is 67.2 Å². The fourth-order valence-corrected chi connectivity index (χ4v) is 6.05. The van der Waals surface area contributed by atoms with E-state index in [1.54, 1.807) is 25.0 Å². The summed E-state index contributed by atoms with van der Waals surface area (Å²) in [6, 6.07) is 31.7. The van der Waals surface area contributed by atoms with Gasteiger partial charge in [0.25, 0.3) is 5.91 Å². The fraction of sp³-hybridized carbons (Fsp3) is 0.211. The van der Waals surface area contributed by atoms with Crippen molar-refractivity contribution in [3.8, 4) is 17.2 Å². The van der Waals surface area contributed by atoms with Crippen molar-refractivity contribution in [3.63, 3.8) is 0 Å². The van der Waals surface area contributed by atoms with Crippen LogP contribution >= 0.6 is 0 Å². The summed E-state index contributed by atoms with van der Waals surface area (Å²) in [6.45, 7) is 3.35. The quantitative estimate of drug-likeness (QED) is 0.170. The minimum absolute atomic E-state index is 0.271. The zero-order chi connectivity index (χ0) is 32.9. The van der Waals surface area contributed by atoms with Gasteiger partial charge in [-0.2, -0.15) is 0 Å². The van der Waals surface area contributed by atoms with Gasteiger partial charge in [-0.15, -0.1) is 5.10 Å². The summed E-state index contributed by atoms with van der Waals surface area (Å²) in [5, 5.41) is 16.1. The molecule has 10 heteroatoms. The number of ether oxygens (including phenoxy) is 2. The molecule has 0 bridgehead atoms. The number of hydrogen-bond donors (Lipinski definition) is 2. The number of rotatable bonds is 11. The van der Waals surface area contributed by atoms with Crippen LogP contribution in [0.25, 0.3) is 16.6 Å². The van der Waals surface area contributed by atoms with Crippen molar-refractivity contribution in [2.75, 3.05) is 37.9 Å². The lowest BCUT2D eigenvalue weighted by Gasteiger charge is -2.29. The van der Waals surface area contributed by atoms with Crippen molar-refractivity contribution in [3.05, 3.63) is 131 Å². The van der Waals surface area contributed by atoms with Crippen LogP contribution in [0.4, 0.5) is 11.4 Å². The first kappa shape index (κ1) is 30.9. The molecular weight excluding hydrogens is 602 g/mol. The molecule has 0 atom stereocenters. The number of benzene rings is 4. The largest absolute Gasteiger partial charge is 0.493 e. The number of carbonyl (C=O) groups is 1. The molecule has 48 heavy (non-hydrogen) atoms. The Labute approximate surface area is 279 Å². The number of fused-ring (bicyclic) bond motifs is 2. The van der Waals surface area contributed by atoms with Crippen molar-refractivity contribution in [2.45, 2.75) is 25.9 Å². The number of para-hydroxylation sites is 3. The lowest BCUT2D eigenvalue weighted by Crippen LogP contribution is -2.32. The molecule has 6 aromatic rings. The van der Waals surface area contributed by atoms with Crippen LogP contribution < -0.4 is 20.1 Å². The van der Waals surface area contributed by atoms with Gasteiger partial charge in [-0.1, -0.05) is 53.7 Å². The third-order valence-electron chi connectivity index (χ3n) is 8.72. The summed E-state index contributed by atoms with van der Waals surface area (Å²) in [7, 11) is 3.36. The third kappa shape index (κ3) is 6.84. The van der Waals surface area contributed by atoms with E-state index < -0.39 is 0 Å². The molecule has 1 aliphatic rings. The maximum absolute atomic E-state index is 13.0. The SMILES string of the molecule is COc1cc2c(cc1OC)CN(CCc1ccc(-n3cc(CNc4ccccc4NC(=O)c4ccc5ccccc5n4)nn3)cc1)CC2. The Morgan fingerprint density at radius 1 is 0.854 bits per heavy atom. The highest BCUT2D eigenvalue weighted by Gasteiger charge is 2.19. The van der Waals surface area contributed by atoms with Gasteiger partial charge in [0.2, 0.25) is 0 Å². The van der Waals surface area contributed by atoms with E-state index in [-0.39, 0.29) is 5.91 Å². The number of methoxy groups -OCH3 is 2. The molecule has 0 saturated heterocycles. The van der Waals surface area contributed by atoms with Gasteiger partial charge in [0.1, 0.15) is 11.4 Å². The van der Waals surface area contributed by atoms with Crippen molar-refractivity contribution >= 4 is 28.2 Å². The number of carbonyl (C=O) groups excluding carboxylic acids is 1. The Hall–Kier alpha value is -5.74. The first-order valence-electron chi connectivity index (χ1n) is 16.0. The molecule has 0 unspecified atom stereocenters. The van der Waals surface area contributed by atoms with Gasteiger partial charge in [-0.3, -0.25) is 9.69 Å². The number of hydrogen-bond acceptors (Lipinski definition) is 8. The lowest BCUT2D eigenvalue weighted by molar-refractivity contribution is 0.102. The second-order valence-electron chi connectivity index (χ2n) is 11.8. The van der Waals surface area contributed by atoms with Crippen LogP contribution in [0.3, 0.4) is 0 Å². The number of amides is 1. The van der Waals surface area contributed by atoms with Crippen LogP contribution in [-0.2, 0) is 25.9 Å². The highest BCUT2D eigenvalue weighted by Crippen LogP contribution is 2.33. The minimum Gasteiger partial charge on any atom is -0.493 e. The van der Waals surface area contributed by atoms with Gasteiger partial charge >= 0.3 is 0 Å². The van der Waals surface area contributed by atoms with E-state index in [0.29, 0.717) is 17.9 Å². The molecule has 0 radical (unpaired) electrons. The van der Waals surface area contributed by atoms with Crippen LogP contribution in [0.15, 0.2) is 103 Å². The van der Waals surface area contributed by atoms with Crippen LogP contribution in [-0.4, -0.2) is 58.1 Å². The Morgan fingerprint density at radius 2 is 1.60 bits per heavy atom. The van der Waals surface area contributed by atoms with E-state index in [1.165, 1.54) is 16.7 Å². The van der Waals surface area contributed by atoms with E-state index in [9.17, 15) is 4.79 Å². The predicted molar refractivity (Wildman–Crippen MR) is 187 cm³/mol. The molecule has 0 saturated carbocycles.